The minimum absolute atomic E-state index is 0.0929. The van der Waals surface area contributed by atoms with Crippen molar-refractivity contribution in [1.82, 2.24) is 5.32 Å². The summed E-state index contributed by atoms with van der Waals surface area (Å²) in [5.41, 5.74) is 6.83. The summed E-state index contributed by atoms with van der Waals surface area (Å²) < 4.78 is 0. The van der Waals surface area contributed by atoms with Gasteiger partial charge >= 0.3 is 0 Å². The van der Waals surface area contributed by atoms with E-state index in [2.05, 4.69) is 5.32 Å². The molecule has 17 heavy (non-hydrogen) atoms. The highest BCUT2D eigenvalue weighted by atomic mass is 32.2. The fourth-order valence-corrected chi connectivity index (χ4v) is 2.12. The van der Waals surface area contributed by atoms with E-state index in [-0.39, 0.29) is 11.9 Å². The summed E-state index contributed by atoms with van der Waals surface area (Å²) in [6.45, 7) is 1.98. The Morgan fingerprint density at radius 1 is 1.53 bits per heavy atom. The van der Waals surface area contributed by atoms with Crippen molar-refractivity contribution in [3.63, 3.8) is 0 Å². The van der Waals surface area contributed by atoms with E-state index in [1.54, 1.807) is 36.0 Å². The first-order valence-corrected chi connectivity index (χ1v) is 7.04. The van der Waals surface area contributed by atoms with E-state index in [0.29, 0.717) is 16.1 Å². The molecule has 0 fully saturated rings. The highest BCUT2D eigenvalue weighted by molar-refractivity contribution is 7.98. The summed E-state index contributed by atoms with van der Waals surface area (Å²) in [7, 11) is 0. The van der Waals surface area contributed by atoms with E-state index in [1.165, 1.54) is 0 Å². The molecule has 5 heteroatoms. The molecule has 0 aliphatic carbocycles. The summed E-state index contributed by atoms with van der Waals surface area (Å²) in [4.78, 5) is 12.2. The van der Waals surface area contributed by atoms with Gasteiger partial charge in [0.2, 0.25) is 0 Å². The number of hydrogen-bond donors (Lipinski definition) is 2. The van der Waals surface area contributed by atoms with E-state index < -0.39 is 0 Å². The van der Waals surface area contributed by atoms with Crippen molar-refractivity contribution in [1.29, 1.82) is 0 Å². The second-order valence-electron chi connectivity index (χ2n) is 3.77. The Labute approximate surface area is 111 Å². The molecule has 1 rings (SSSR count). The molecule has 1 aromatic rings. The van der Waals surface area contributed by atoms with E-state index in [0.717, 1.165) is 5.75 Å². The van der Waals surface area contributed by atoms with Crippen LogP contribution < -0.4 is 11.1 Å². The van der Waals surface area contributed by atoms with Crippen molar-refractivity contribution in [3.05, 3.63) is 35.4 Å². The number of nitrogens with one attached hydrogen (secondary N) is 1. The van der Waals surface area contributed by atoms with Crippen LogP contribution in [0.4, 0.5) is 0 Å². The van der Waals surface area contributed by atoms with E-state index in [1.807, 2.05) is 13.2 Å². The van der Waals surface area contributed by atoms with Gasteiger partial charge in [-0.3, -0.25) is 4.79 Å². The average molecular weight is 268 g/mol. The van der Waals surface area contributed by atoms with E-state index in [4.69, 9.17) is 18.0 Å². The second-order valence-corrected chi connectivity index (χ2v) is 5.13. The molecule has 1 aromatic carbocycles. The third kappa shape index (κ3) is 4.36. The van der Waals surface area contributed by atoms with Gasteiger partial charge in [0.05, 0.1) is 0 Å². The van der Waals surface area contributed by atoms with Crippen LogP contribution >= 0.6 is 24.0 Å². The van der Waals surface area contributed by atoms with Crippen molar-refractivity contribution in [2.75, 3.05) is 12.0 Å². The summed E-state index contributed by atoms with van der Waals surface area (Å²) in [6, 6.07) is 7.19. The normalized spacial score (nSPS) is 11.9. The largest absolute Gasteiger partial charge is 0.389 e. The first-order valence-electron chi connectivity index (χ1n) is 5.24. The van der Waals surface area contributed by atoms with Crippen molar-refractivity contribution in [2.45, 2.75) is 13.0 Å². The van der Waals surface area contributed by atoms with Crippen LogP contribution in [0.1, 0.15) is 22.8 Å². The minimum atomic E-state index is -0.0929. The van der Waals surface area contributed by atoms with Gasteiger partial charge in [0.1, 0.15) is 4.99 Å². The van der Waals surface area contributed by atoms with Crippen LogP contribution in [-0.4, -0.2) is 28.9 Å². The Balaban J connectivity index is 2.75. The van der Waals surface area contributed by atoms with Gasteiger partial charge in [-0.1, -0.05) is 24.4 Å². The van der Waals surface area contributed by atoms with Crippen LogP contribution in [0.15, 0.2) is 24.3 Å². The number of carbonyl (C=O) groups excluding carboxylic acids is 1. The predicted octanol–water partition coefficient (Wildman–Crippen LogP) is 1.80. The molecule has 0 bridgehead atoms. The number of thioether (sulfide) groups is 1. The third-order valence-electron chi connectivity index (χ3n) is 2.20. The molecule has 1 amide bonds. The number of carbonyl (C=O) groups is 1. The molecule has 3 nitrogen and oxygen atoms in total. The molecular weight excluding hydrogens is 252 g/mol. The summed E-state index contributed by atoms with van der Waals surface area (Å²) in [6.07, 6.45) is 2.01. The quantitative estimate of drug-likeness (QED) is 0.800. The fourth-order valence-electron chi connectivity index (χ4n) is 1.41. The predicted molar refractivity (Wildman–Crippen MR) is 77.6 cm³/mol. The first kappa shape index (κ1) is 14.0. The molecule has 92 valence electrons. The van der Waals surface area contributed by atoms with Crippen LogP contribution in [0.25, 0.3) is 0 Å². The van der Waals surface area contributed by atoms with Gasteiger partial charge in [-0.25, -0.2) is 0 Å². The zero-order valence-electron chi connectivity index (χ0n) is 9.90. The zero-order valence-corrected chi connectivity index (χ0v) is 11.5. The Bertz CT molecular complexity index is 421. The number of rotatable bonds is 5. The van der Waals surface area contributed by atoms with Gasteiger partial charge in [-0.2, -0.15) is 11.8 Å². The minimum Gasteiger partial charge on any atom is -0.389 e. The molecule has 0 radical (unpaired) electrons. The number of thiocarbonyl (C=S) groups is 1. The highest BCUT2D eigenvalue weighted by Crippen LogP contribution is 2.06. The Kier molecular flexibility index (Phi) is 5.44. The summed E-state index contributed by atoms with van der Waals surface area (Å²) >= 11 is 6.58. The van der Waals surface area contributed by atoms with Crippen LogP contribution in [0.5, 0.6) is 0 Å². The number of amides is 1. The molecule has 3 N–H and O–H groups in total. The highest BCUT2D eigenvalue weighted by Gasteiger charge is 2.10. The van der Waals surface area contributed by atoms with Crippen LogP contribution in [0.3, 0.4) is 0 Å². The van der Waals surface area contributed by atoms with Crippen molar-refractivity contribution in [2.24, 2.45) is 5.73 Å². The van der Waals surface area contributed by atoms with Gasteiger partial charge in [0, 0.05) is 22.9 Å². The Morgan fingerprint density at radius 3 is 2.76 bits per heavy atom. The van der Waals surface area contributed by atoms with Crippen molar-refractivity contribution in [3.8, 4) is 0 Å². The molecule has 0 spiro atoms. The lowest BCUT2D eigenvalue weighted by Crippen LogP contribution is -2.34. The number of nitrogens with two attached hydrogens (primary N) is 1. The smallest absolute Gasteiger partial charge is 0.251 e. The molecule has 0 saturated carbocycles. The van der Waals surface area contributed by atoms with Crippen LogP contribution in [-0.2, 0) is 0 Å². The lowest BCUT2D eigenvalue weighted by molar-refractivity contribution is 0.0944. The molecule has 0 aliphatic heterocycles. The van der Waals surface area contributed by atoms with Gasteiger partial charge in [0.15, 0.2) is 0 Å². The average Bonchev–Trinajstić information content (AvgIpc) is 2.29. The molecular formula is C12H16N2OS2. The monoisotopic (exact) mass is 268 g/mol. The Morgan fingerprint density at radius 2 is 2.18 bits per heavy atom. The van der Waals surface area contributed by atoms with Crippen molar-refractivity contribution >= 4 is 34.9 Å². The van der Waals surface area contributed by atoms with Crippen LogP contribution in [0.2, 0.25) is 0 Å². The third-order valence-corrected chi connectivity index (χ3v) is 3.27. The SMILES string of the molecule is CSCC(C)NC(=O)c1cccc(C(N)=S)c1. The standard InChI is InChI=1S/C12H16N2OS2/c1-8(7-17-2)14-12(15)10-5-3-4-9(6-10)11(13)16/h3-6,8H,7H2,1-2H3,(H2,13,16)(H,14,15). The lowest BCUT2D eigenvalue weighted by Gasteiger charge is -2.12. The maximum Gasteiger partial charge on any atom is 0.251 e. The zero-order chi connectivity index (χ0) is 12.8. The second kappa shape index (κ2) is 6.61. The maximum atomic E-state index is 11.9. The molecule has 0 saturated heterocycles. The van der Waals surface area contributed by atoms with E-state index >= 15 is 0 Å². The topological polar surface area (TPSA) is 55.1 Å². The van der Waals surface area contributed by atoms with Crippen LogP contribution in [0, 0.1) is 0 Å². The molecule has 0 heterocycles. The van der Waals surface area contributed by atoms with Gasteiger partial charge in [0.25, 0.3) is 5.91 Å². The number of hydrogen-bond acceptors (Lipinski definition) is 3. The molecule has 0 aromatic heterocycles. The summed E-state index contributed by atoms with van der Waals surface area (Å²) in [5.74, 6) is 0.797. The van der Waals surface area contributed by atoms with Gasteiger partial charge < -0.3 is 11.1 Å². The lowest BCUT2D eigenvalue weighted by atomic mass is 10.1. The number of benzene rings is 1. The maximum absolute atomic E-state index is 11.9. The molecule has 1 atom stereocenters. The Hall–Kier alpha value is -1.07. The molecule has 1 unspecified atom stereocenters. The first-order chi connectivity index (χ1) is 8.04. The fraction of sp³-hybridized carbons (Fsp3) is 0.333. The van der Waals surface area contributed by atoms with Gasteiger partial charge in [-0.15, -0.1) is 0 Å². The molecule has 0 aliphatic rings. The van der Waals surface area contributed by atoms with E-state index in [9.17, 15) is 4.79 Å². The van der Waals surface area contributed by atoms with Gasteiger partial charge in [-0.05, 0) is 25.3 Å². The summed E-state index contributed by atoms with van der Waals surface area (Å²) in [5, 5.41) is 2.92. The van der Waals surface area contributed by atoms with Crippen molar-refractivity contribution < 1.29 is 4.79 Å².